The summed E-state index contributed by atoms with van der Waals surface area (Å²) < 4.78 is 10.9. The number of fused-ring (bicyclic) bond motifs is 1. The average molecular weight is 479 g/mol. The van der Waals surface area contributed by atoms with E-state index < -0.39 is 0 Å². The first kappa shape index (κ1) is 22.1. The standard InChI is InChI=1S/C29H26N4O3/c34-29(28(21-7-3-1-4-8-21)22-9-5-2-6-10-22)33-17-15-32(16-18-33)27-14-12-24(30-31-27)23-11-13-25-26(19-23)36-20-35-25/h1-14,19,28H,15-18,20H2. The molecule has 180 valence electrons. The normalized spacial score (nSPS) is 14.8. The van der Waals surface area contributed by atoms with Crippen LogP contribution in [-0.4, -0.2) is 54.0 Å². The zero-order valence-corrected chi connectivity index (χ0v) is 19.8. The van der Waals surface area contributed by atoms with Gasteiger partial charge in [0.2, 0.25) is 12.7 Å². The second kappa shape index (κ2) is 9.70. The highest BCUT2D eigenvalue weighted by Crippen LogP contribution is 2.35. The third-order valence-electron chi connectivity index (χ3n) is 6.75. The Balaban J connectivity index is 1.14. The average Bonchev–Trinajstić information content (AvgIpc) is 3.43. The molecule has 7 heteroatoms. The first-order chi connectivity index (χ1) is 17.8. The molecule has 1 amide bonds. The molecule has 1 saturated heterocycles. The Morgan fingerprint density at radius 2 is 1.39 bits per heavy atom. The van der Waals surface area contributed by atoms with E-state index >= 15 is 0 Å². The lowest BCUT2D eigenvalue weighted by molar-refractivity contribution is -0.132. The van der Waals surface area contributed by atoms with E-state index in [9.17, 15) is 4.79 Å². The van der Waals surface area contributed by atoms with Crippen molar-refractivity contribution in [2.45, 2.75) is 5.92 Å². The summed E-state index contributed by atoms with van der Waals surface area (Å²) in [4.78, 5) is 17.8. The topological polar surface area (TPSA) is 67.8 Å². The van der Waals surface area contributed by atoms with Gasteiger partial charge in [0.25, 0.3) is 0 Å². The van der Waals surface area contributed by atoms with Gasteiger partial charge in [0.15, 0.2) is 17.3 Å². The molecular weight excluding hydrogens is 452 g/mol. The summed E-state index contributed by atoms with van der Waals surface area (Å²) in [7, 11) is 0. The van der Waals surface area contributed by atoms with Gasteiger partial charge in [-0.2, -0.15) is 0 Å². The predicted molar refractivity (Wildman–Crippen MR) is 137 cm³/mol. The number of hydrogen-bond donors (Lipinski definition) is 0. The molecule has 0 atom stereocenters. The number of nitrogens with zero attached hydrogens (tertiary/aromatic N) is 4. The summed E-state index contributed by atoms with van der Waals surface area (Å²) in [5.41, 5.74) is 3.74. The maximum atomic E-state index is 13.7. The summed E-state index contributed by atoms with van der Waals surface area (Å²) in [5, 5.41) is 8.92. The van der Waals surface area contributed by atoms with Crippen molar-refractivity contribution in [2.75, 3.05) is 37.9 Å². The fourth-order valence-electron chi connectivity index (χ4n) is 4.81. The maximum Gasteiger partial charge on any atom is 0.234 e. The molecule has 0 bridgehead atoms. The van der Waals surface area contributed by atoms with Crippen LogP contribution in [0.15, 0.2) is 91.0 Å². The fourth-order valence-corrected chi connectivity index (χ4v) is 4.81. The number of anilines is 1. The van der Waals surface area contributed by atoms with E-state index in [0.29, 0.717) is 26.2 Å². The van der Waals surface area contributed by atoms with Gasteiger partial charge in [-0.25, -0.2) is 0 Å². The van der Waals surface area contributed by atoms with Crippen LogP contribution in [0.25, 0.3) is 11.3 Å². The second-order valence-electron chi connectivity index (χ2n) is 8.91. The molecule has 1 aromatic heterocycles. The third-order valence-corrected chi connectivity index (χ3v) is 6.75. The minimum absolute atomic E-state index is 0.135. The van der Waals surface area contributed by atoms with Crippen molar-refractivity contribution >= 4 is 11.7 Å². The van der Waals surface area contributed by atoms with Gasteiger partial charge in [-0.3, -0.25) is 4.79 Å². The number of ether oxygens (including phenoxy) is 2. The Hall–Kier alpha value is -4.39. The fraction of sp³-hybridized carbons (Fsp3) is 0.207. The largest absolute Gasteiger partial charge is 0.454 e. The lowest BCUT2D eigenvalue weighted by Gasteiger charge is -2.37. The van der Waals surface area contributed by atoms with E-state index in [0.717, 1.165) is 39.7 Å². The number of benzene rings is 3. The van der Waals surface area contributed by atoms with Crippen LogP contribution in [0.5, 0.6) is 11.5 Å². The van der Waals surface area contributed by atoms with Crippen molar-refractivity contribution in [1.82, 2.24) is 15.1 Å². The number of aromatic nitrogens is 2. The minimum Gasteiger partial charge on any atom is -0.454 e. The molecule has 3 aromatic carbocycles. The molecule has 0 spiro atoms. The minimum atomic E-state index is -0.306. The number of carbonyl (C=O) groups is 1. The third kappa shape index (κ3) is 4.35. The van der Waals surface area contributed by atoms with Gasteiger partial charge in [-0.1, -0.05) is 60.7 Å². The zero-order chi connectivity index (χ0) is 24.3. The molecule has 2 aliphatic heterocycles. The van der Waals surface area contributed by atoms with Crippen molar-refractivity contribution in [3.05, 3.63) is 102 Å². The lowest BCUT2D eigenvalue weighted by Crippen LogP contribution is -2.50. The van der Waals surface area contributed by atoms with E-state index in [2.05, 4.69) is 15.1 Å². The number of rotatable bonds is 5. The molecule has 0 radical (unpaired) electrons. The second-order valence-corrected chi connectivity index (χ2v) is 8.91. The smallest absolute Gasteiger partial charge is 0.234 e. The Morgan fingerprint density at radius 1 is 0.722 bits per heavy atom. The highest BCUT2D eigenvalue weighted by atomic mass is 16.7. The maximum absolute atomic E-state index is 13.7. The lowest BCUT2D eigenvalue weighted by atomic mass is 9.90. The highest BCUT2D eigenvalue weighted by Gasteiger charge is 2.30. The van der Waals surface area contributed by atoms with Gasteiger partial charge in [-0.05, 0) is 41.5 Å². The molecule has 4 aromatic rings. The molecule has 36 heavy (non-hydrogen) atoms. The van der Waals surface area contributed by atoms with Crippen molar-refractivity contribution < 1.29 is 14.3 Å². The SMILES string of the molecule is O=C(C(c1ccccc1)c1ccccc1)N1CCN(c2ccc(-c3ccc4c(c3)OCO4)nn2)CC1. The van der Waals surface area contributed by atoms with Crippen molar-refractivity contribution in [3.8, 4) is 22.8 Å². The molecule has 0 saturated carbocycles. The predicted octanol–water partition coefficient (Wildman–Crippen LogP) is 4.35. The van der Waals surface area contributed by atoms with Crippen LogP contribution in [0.4, 0.5) is 5.82 Å². The Kier molecular flexibility index (Phi) is 5.95. The van der Waals surface area contributed by atoms with Crippen molar-refractivity contribution in [2.24, 2.45) is 0 Å². The Labute approximate surface area is 209 Å². The van der Waals surface area contributed by atoms with Crippen LogP contribution in [-0.2, 0) is 4.79 Å². The summed E-state index contributed by atoms with van der Waals surface area (Å²) in [6.45, 7) is 2.94. The molecular formula is C29H26N4O3. The van der Waals surface area contributed by atoms with Gasteiger partial charge in [0, 0.05) is 31.7 Å². The molecule has 1 fully saturated rings. The summed E-state index contributed by atoms with van der Waals surface area (Å²) in [6, 6.07) is 29.8. The summed E-state index contributed by atoms with van der Waals surface area (Å²) in [6.07, 6.45) is 0. The molecule has 0 unspecified atom stereocenters. The zero-order valence-electron chi connectivity index (χ0n) is 19.8. The molecule has 3 heterocycles. The van der Waals surface area contributed by atoms with Crippen molar-refractivity contribution in [3.63, 3.8) is 0 Å². The number of piperazine rings is 1. The number of amides is 1. The van der Waals surface area contributed by atoms with E-state index in [1.165, 1.54) is 0 Å². The van der Waals surface area contributed by atoms with E-state index in [1.807, 2.05) is 95.9 Å². The summed E-state index contributed by atoms with van der Waals surface area (Å²) in [5.74, 6) is 2.12. The number of hydrogen-bond acceptors (Lipinski definition) is 6. The molecule has 6 rings (SSSR count). The van der Waals surface area contributed by atoms with Gasteiger partial charge in [0.1, 0.15) is 0 Å². The monoisotopic (exact) mass is 478 g/mol. The van der Waals surface area contributed by atoms with E-state index in [1.54, 1.807) is 0 Å². The van der Waals surface area contributed by atoms with Crippen LogP contribution < -0.4 is 14.4 Å². The van der Waals surface area contributed by atoms with Crippen LogP contribution in [0.3, 0.4) is 0 Å². The molecule has 0 aliphatic carbocycles. The first-order valence-electron chi connectivity index (χ1n) is 12.1. The van der Waals surface area contributed by atoms with Gasteiger partial charge in [-0.15, -0.1) is 10.2 Å². The van der Waals surface area contributed by atoms with Gasteiger partial charge >= 0.3 is 0 Å². The molecule has 0 N–H and O–H groups in total. The molecule has 2 aliphatic rings. The Bertz CT molecular complexity index is 1300. The highest BCUT2D eigenvalue weighted by molar-refractivity contribution is 5.87. The van der Waals surface area contributed by atoms with Crippen LogP contribution >= 0.6 is 0 Å². The van der Waals surface area contributed by atoms with E-state index in [4.69, 9.17) is 9.47 Å². The molecule has 7 nitrogen and oxygen atoms in total. The summed E-state index contributed by atoms with van der Waals surface area (Å²) >= 11 is 0. The quantitative estimate of drug-likeness (QED) is 0.425. The van der Waals surface area contributed by atoms with Gasteiger partial charge in [0.05, 0.1) is 11.6 Å². The van der Waals surface area contributed by atoms with Crippen molar-refractivity contribution in [1.29, 1.82) is 0 Å². The van der Waals surface area contributed by atoms with Gasteiger partial charge < -0.3 is 19.3 Å². The van der Waals surface area contributed by atoms with E-state index in [-0.39, 0.29) is 18.6 Å². The number of carbonyl (C=O) groups excluding carboxylic acids is 1. The Morgan fingerprint density at radius 3 is 2.03 bits per heavy atom. The first-order valence-corrected chi connectivity index (χ1v) is 12.1. The van der Waals surface area contributed by atoms with Crippen LogP contribution in [0.2, 0.25) is 0 Å². The van der Waals surface area contributed by atoms with Crippen LogP contribution in [0, 0.1) is 0 Å². The van der Waals surface area contributed by atoms with Crippen LogP contribution in [0.1, 0.15) is 17.0 Å².